The van der Waals surface area contributed by atoms with Gasteiger partial charge in [-0.3, -0.25) is 0 Å². The van der Waals surface area contributed by atoms with E-state index in [0.717, 1.165) is 12.1 Å². The Morgan fingerprint density at radius 3 is 1.65 bits per heavy atom. The predicted molar refractivity (Wildman–Crippen MR) is 69.7 cm³/mol. The summed E-state index contributed by atoms with van der Waals surface area (Å²) in [7, 11) is 0. The largest absolute Gasteiger partial charge is 0.416 e. The second-order valence-electron chi connectivity index (χ2n) is 5.82. The van der Waals surface area contributed by atoms with E-state index in [9.17, 15) is 26.3 Å². The van der Waals surface area contributed by atoms with E-state index in [1.807, 2.05) is 13.8 Å². The van der Waals surface area contributed by atoms with Crippen molar-refractivity contribution >= 4 is 0 Å². The van der Waals surface area contributed by atoms with Crippen molar-refractivity contribution in [1.82, 2.24) is 0 Å². The first-order valence-corrected chi connectivity index (χ1v) is 7.01. The average molecular weight is 342 g/mol. The quantitative estimate of drug-likeness (QED) is 0.716. The number of halogens is 6. The molecule has 0 amide bonds. The van der Waals surface area contributed by atoms with Crippen LogP contribution in [0.3, 0.4) is 0 Å². The van der Waals surface area contributed by atoms with Crippen LogP contribution in [-0.2, 0) is 21.8 Å². The smallest absolute Gasteiger partial charge is 0.352 e. The van der Waals surface area contributed by atoms with Gasteiger partial charge in [0.15, 0.2) is 6.29 Å². The second kappa shape index (κ2) is 6.32. The lowest BCUT2D eigenvalue weighted by Crippen LogP contribution is -2.34. The fourth-order valence-corrected chi connectivity index (χ4v) is 2.31. The van der Waals surface area contributed by atoms with Crippen LogP contribution in [0.2, 0.25) is 0 Å². The third kappa shape index (κ3) is 4.38. The van der Waals surface area contributed by atoms with E-state index in [2.05, 4.69) is 0 Å². The van der Waals surface area contributed by atoms with Crippen molar-refractivity contribution < 1.29 is 35.8 Å². The molecule has 0 bridgehead atoms. The van der Waals surface area contributed by atoms with E-state index in [0.29, 0.717) is 0 Å². The first kappa shape index (κ1) is 18.1. The van der Waals surface area contributed by atoms with Gasteiger partial charge in [0.1, 0.15) is 0 Å². The molecule has 0 aliphatic carbocycles. The predicted octanol–water partition coefficient (Wildman–Crippen LogP) is 4.84. The van der Waals surface area contributed by atoms with Gasteiger partial charge in [0.2, 0.25) is 0 Å². The maximum absolute atomic E-state index is 12.8. The maximum atomic E-state index is 12.8. The average Bonchev–Trinajstić information content (AvgIpc) is 2.45. The van der Waals surface area contributed by atoms with Crippen LogP contribution in [-0.4, -0.2) is 19.5 Å². The third-order valence-electron chi connectivity index (χ3n) is 3.55. The molecule has 2 nitrogen and oxygen atoms in total. The highest BCUT2D eigenvalue weighted by molar-refractivity contribution is 5.35. The molecule has 1 fully saturated rings. The van der Waals surface area contributed by atoms with Gasteiger partial charge in [-0.15, -0.1) is 0 Å². The van der Waals surface area contributed by atoms with Gasteiger partial charge in [-0.1, -0.05) is 13.8 Å². The summed E-state index contributed by atoms with van der Waals surface area (Å²) in [5, 5.41) is 0. The summed E-state index contributed by atoms with van der Waals surface area (Å²) in [6.07, 6.45) is -10.2. The summed E-state index contributed by atoms with van der Waals surface area (Å²) in [6, 6.07) is 1.57. The molecule has 0 saturated carbocycles. The lowest BCUT2D eigenvalue weighted by Gasteiger charge is -2.32. The number of rotatable bonds is 2. The Morgan fingerprint density at radius 1 is 0.870 bits per heavy atom. The van der Waals surface area contributed by atoms with Gasteiger partial charge in [-0.2, -0.15) is 26.3 Å². The van der Waals surface area contributed by atoms with E-state index >= 15 is 0 Å². The van der Waals surface area contributed by atoms with Gasteiger partial charge in [0.05, 0.1) is 24.3 Å². The summed E-state index contributed by atoms with van der Waals surface area (Å²) < 4.78 is 87.8. The summed E-state index contributed by atoms with van der Waals surface area (Å²) in [5.74, 6) is -0.628. The van der Waals surface area contributed by atoms with Gasteiger partial charge in [0, 0.05) is 11.8 Å². The highest BCUT2D eigenvalue weighted by atomic mass is 19.4. The van der Waals surface area contributed by atoms with Crippen LogP contribution < -0.4 is 0 Å². The Balaban J connectivity index is 2.32. The van der Waals surface area contributed by atoms with Crippen molar-refractivity contribution in [3.8, 4) is 0 Å². The first-order valence-electron chi connectivity index (χ1n) is 7.01. The molecular formula is C15H16F6O2. The molecule has 8 heteroatoms. The molecule has 0 unspecified atom stereocenters. The third-order valence-corrected chi connectivity index (χ3v) is 3.55. The minimum absolute atomic E-state index is 0.0153. The maximum Gasteiger partial charge on any atom is 0.416 e. The van der Waals surface area contributed by atoms with Crippen LogP contribution in [0.1, 0.15) is 36.5 Å². The number of alkyl halides is 6. The fourth-order valence-electron chi connectivity index (χ4n) is 2.31. The van der Waals surface area contributed by atoms with Crippen LogP contribution in [0, 0.1) is 5.92 Å². The highest BCUT2D eigenvalue weighted by Gasteiger charge is 2.38. The minimum atomic E-state index is -4.85. The molecule has 1 aromatic carbocycles. The summed E-state index contributed by atoms with van der Waals surface area (Å²) in [4.78, 5) is 0. The topological polar surface area (TPSA) is 18.5 Å². The molecule has 1 aromatic rings. The van der Waals surface area contributed by atoms with E-state index < -0.39 is 35.7 Å². The minimum Gasteiger partial charge on any atom is -0.352 e. The van der Waals surface area contributed by atoms with Crippen LogP contribution >= 0.6 is 0 Å². The van der Waals surface area contributed by atoms with E-state index in [-0.39, 0.29) is 30.8 Å². The zero-order valence-corrected chi connectivity index (χ0v) is 12.5. The molecule has 0 N–H and O–H groups in total. The Bertz CT molecular complexity index is 510. The molecule has 1 heterocycles. The number of hydrogen-bond donors (Lipinski definition) is 0. The van der Waals surface area contributed by atoms with Crippen LogP contribution in [0.4, 0.5) is 26.3 Å². The Hall–Kier alpha value is -1.28. The summed E-state index contributed by atoms with van der Waals surface area (Å²) in [5.41, 5.74) is -2.74. The van der Waals surface area contributed by atoms with Gasteiger partial charge in [-0.25, -0.2) is 0 Å². The number of ether oxygens (including phenoxy) is 2. The zero-order valence-electron chi connectivity index (χ0n) is 12.5. The molecular weight excluding hydrogens is 326 g/mol. The molecule has 0 spiro atoms. The molecule has 1 saturated heterocycles. The molecule has 0 atom stereocenters. The molecule has 130 valence electrons. The Kier molecular flexibility index (Phi) is 4.96. The molecule has 0 radical (unpaired) electrons. The zero-order chi connectivity index (χ0) is 17.4. The van der Waals surface area contributed by atoms with Gasteiger partial charge >= 0.3 is 12.4 Å². The molecule has 1 aliphatic heterocycles. The van der Waals surface area contributed by atoms with Gasteiger partial charge in [0.25, 0.3) is 0 Å². The Morgan fingerprint density at radius 2 is 1.30 bits per heavy atom. The lowest BCUT2D eigenvalue weighted by atomic mass is 9.95. The summed E-state index contributed by atoms with van der Waals surface area (Å²) >= 11 is 0. The van der Waals surface area contributed by atoms with Crippen molar-refractivity contribution in [2.75, 3.05) is 13.2 Å². The molecule has 23 heavy (non-hydrogen) atoms. The van der Waals surface area contributed by atoms with Gasteiger partial charge in [-0.05, 0) is 23.8 Å². The normalized spacial score (nSPS) is 23.3. The van der Waals surface area contributed by atoms with E-state index in [1.165, 1.54) is 0 Å². The van der Waals surface area contributed by atoms with Gasteiger partial charge < -0.3 is 9.47 Å². The van der Waals surface area contributed by atoms with E-state index in [4.69, 9.17) is 9.47 Å². The highest BCUT2D eigenvalue weighted by Crippen LogP contribution is 2.38. The standard InChI is InChI=1S/C15H16F6O2/c1-8(2)13-22-6-10(7-23-13)9-3-11(14(16,17)18)5-12(4-9)15(19,20)21/h3-5,8,10,13H,6-7H2,1-2H3. The second-order valence-corrected chi connectivity index (χ2v) is 5.82. The van der Waals surface area contributed by atoms with Crippen molar-refractivity contribution in [1.29, 1.82) is 0 Å². The van der Waals surface area contributed by atoms with Crippen LogP contribution in [0.15, 0.2) is 18.2 Å². The fraction of sp³-hybridized carbons (Fsp3) is 0.600. The van der Waals surface area contributed by atoms with Crippen LogP contribution in [0.25, 0.3) is 0 Å². The van der Waals surface area contributed by atoms with Crippen molar-refractivity contribution in [2.45, 2.75) is 38.4 Å². The van der Waals surface area contributed by atoms with Crippen molar-refractivity contribution in [3.05, 3.63) is 34.9 Å². The Labute approximate surface area is 129 Å². The number of benzene rings is 1. The van der Waals surface area contributed by atoms with E-state index in [1.54, 1.807) is 0 Å². The lowest BCUT2D eigenvalue weighted by molar-refractivity contribution is -0.207. The van der Waals surface area contributed by atoms with Crippen molar-refractivity contribution in [3.63, 3.8) is 0 Å². The molecule has 2 rings (SSSR count). The summed E-state index contributed by atoms with van der Waals surface area (Å²) in [6.45, 7) is 3.72. The van der Waals surface area contributed by atoms with Crippen LogP contribution in [0.5, 0.6) is 0 Å². The number of hydrogen-bond acceptors (Lipinski definition) is 2. The monoisotopic (exact) mass is 342 g/mol. The van der Waals surface area contributed by atoms with Crippen molar-refractivity contribution in [2.24, 2.45) is 5.92 Å². The molecule has 0 aromatic heterocycles. The SMILES string of the molecule is CC(C)C1OCC(c2cc(C(F)(F)F)cc(C(F)(F)F)c2)CO1. The molecule has 1 aliphatic rings. The first-order chi connectivity index (χ1) is 10.5.